The lowest BCUT2D eigenvalue weighted by Gasteiger charge is -1.97. The van der Waals surface area contributed by atoms with Gasteiger partial charge in [-0.05, 0) is 12.5 Å². The van der Waals surface area contributed by atoms with Gasteiger partial charge in [0.25, 0.3) is 5.78 Å². The predicted molar refractivity (Wildman–Crippen MR) is 68.3 cm³/mol. The summed E-state index contributed by atoms with van der Waals surface area (Å²) in [5, 5.41) is 12.1. The number of nitrogens with zero attached hydrogens (tertiary/aromatic N) is 3. The molecule has 0 aliphatic rings. The van der Waals surface area contributed by atoms with Crippen molar-refractivity contribution in [2.75, 3.05) is 0 Å². The van der Waals surface area contributed by atoms with Crippen LogP contribution in [0.15, 0.2) is 30.3 Å². The summed E-state index contributed by atoms with van der Waals surface area (Å²) in [6, 6.07) is 9.85. The summed E-state index contributed by atoms with van der Waals surface area (Å²) in [5.41, 5.74) is 1.69. The molecule has 6 heteroatoms. The lowest BCUT2D eigenvalue weighted by atomic mass is 10.1. The minimum atomic E-state index is -1.01. The highest BCUT2D eigenvalue weighted by Gasteiger charge is 2.18. The van der Waals surface area contributed by atoms with Crippen LogP contribution in [-0.4, -0.2) is 30.7 Å². The van der Waals surface area contributed by atoms with Crippen LogP contribution in [0.2, 0.25) is 0 Å². The van der Waals surface area contributed by atoms with Gasteiger partial charge in [-0.1, -0.05) is 30.3 Å². The molecule has 2 aromatic heterocycles. The fourth-order valence-electron chi connectivity index (χ4n) is 2.09. The third-order valence-electron chi connectivity index (χ3n) is 2.93. The standard InChI is InChI=1S/C13H12N4O2/c1-8-11(12(18)19)17-13(14-8)15-10(16-17)7-9-5-3-2-4-6-9/h2-6H,7H2,1H3,(H,18,19)(H,14,15,16). The van der Waals surface area contributed by atoms with E-state index in [1.165, 1.54) is 4.52 Å². The van der Waals surface area contributed by atoms with E-state index in [1.54, 1.807) is 6.92 Å². The maximum atomic E-state index is 11.2. The quantitative estimate of drug-likeness (QED) is 0.746. The molecule has 0 unspecified atom stereocenters. The summed E-state index contributed by atoms with van der Waals surface area (Å²) >= 11 is 0. The second-order valence-corrected chi connectivity index (χ2v) is 4.32. The number of benzene rings is 1. The molecule has 0 saturated heterocycles. The van der Waals surface area contributed by atoms with E-state index in [4.69, 9.17) is 5.11 Å². The second-order valence-electron chi connectivity index (χ2n) is 4.32. The number of carboxylic acid groups (broad SMARTS) is 1. The summed E-state index contributed by atoms with van der Waals surface area (Å²) in [6.07, 6.45) is 0.613. The molecule has 3 aromatic rings. The van der Waals surface area contributed by atoms with Crippen molar-refractivity contribution in [3.05, 3.63) is 53.1 Å². The number of nitrogens with one attached hydrogen (secondary N) is 1. The van der Waals surface area contributed by atoms with Gasteiger partial charge in [-0.25, -0.2) is 14.3 Å². The molecule has 0 aliphatic heterocycles. The Balaban J connectivity index is 2.01. The molecule has 0 bridgehead atoms. The van der Waals surface area contributed by atoms with Gasteiger partial charge >= 0.3 is 5.97 Å². The highest BCUT2D eigenvalue weighted by molar-refractivity contribution is 5.87. The van der Waals surface area contributed by atoms with Crippen molar-refractivity contribution in [3.63, 3.8) is 0 Å². The first-order valence-corrected chi connectivity index (χ1v) is 5.86. The first-order valence-electron chi connectivity index (χ1n) is 5.86. The Kier molecular flexibility index (Phi) is 2.56. The summed E-state index contributed by atoms with van der Waals surface area (Å²) in [6.45, 7) is 1.66. The van der Waals surface area contributed by atoms with Gasteiger partial charge in [0.1, 0.15) is 5.82 Å². The number of hydrogen-bond donors (Lipinski definition) is 2. The van der Waals surface area contributed by atoms with Crippen LogP contribution >= 0.6 is 0 Å². The van der Waals surface area contributed by atoms with Crippen molar-refractivity contribution in [1.82, 2.24) is 19.6 Å². The smallest absolute Gasteiger partial charge is 0.356 e. The van der Waals surface area contributed by atoms with Crippen molar-refractivity contribution in [1.29, 1.82) is 0 Å². The van der Waals surface area contributed by atoms with Crippen molar-refractivity contribution in [2.45, 2.75) is 13.3 Å². The Labute approximate surface area is 108 Å². The van der Waals surface area contributed by atoms with Gasteiger partial charge in [-0.3, -0.25) is 5.10 Å². The molecule has 2 N–H and O–H groups in total. The number of H-pyrrole nitrogens is 1. The van der Waals surface area contributed by atoms with Crippen LogP contribution in [0.3, 0.4) is 0 Å². The first kappa shape index (κ1) is 11.5. The van der Waals surface area contributed by atoms with E-state index in [2.05, 4.69) is 15.1 Å². The Morgan fingerprint density at radius 1 is 1.32 bits per heavy atom. The van der Waals surface area contributed by atoms with Crippen LogP contribution in [0.1, 0.15) is 27.6 Å². The average molecular weight is 256 g/mol. The number of rotatable bonds is 3. The van der Waals surface area contributed by atoms with E-state index >= 15 is 0 Å². The average Bonchev–Trinajstić information content (AvgIpc) is 2.85. The molecular weight excluding hydrogens is 244 g/mol. The van der Waals surface area contributed by atoms with E-state index in [0.717, 1.165) is 5.56 Å². The molecule has 0 aliphatic carbocycles. The Hall–Kier alpha value is -2.63. The van der Waals surface area contributed by atoms with E-state index in [-0.39, 0.29) is 5.69 Å². The summed E-state index contributed by atoms with van der Waals surface area (Å²) in [4.78, 5) is 19.6. The third-order valence-corrected chi connectivity index (χ3v) is 2.93. The fraction of sp³-hybridized carbons (Fsp3) is 0.154. The number of carboxylic acids is 1. The fourth-order valence-corrected chi connectivity index (χ4v) is 2.09. The van der Waals surface area contributed by atoms with Gasteiger partial charge in [-0.15, -0.1) is 0 Å². The SMILES string of the molecule is Cc1nc2nc(Cc3ccccc3)[nH]n2c1C(=O)O. The minimum Gasteiger partial charge on any atom is -0.476 e. The number of aryl methyl sites for hydroxylation is 1. The first-order chi connectivity index (χ1) is 9.15. The maximum absolute atomic E-state index is 11.2. The van der Waals surface area contributed by atoms with Gasteiger partial charge in [0, 0.05) is 6.42 Å². The van der Waals surface area contributed by atoms with Crippen molar-refractivity contribution >= 4 is 11.7 Å². The van der Waals surface area contributed by atoms with Crippen LogP contribution in [-0.2, 0) is 6.42 Å². The summed E-state index contributed by atoms with van der Waals surface area (Å²) in [7, 11) is 0. The number of imidazole rings is 1. The highest BCUT2D eigenvalue weighted by Crippen LogP contribution is 2.12. The van der Waals surface area contributed by atoms with Gasteiger partial charge < -0.3 is 5.11 Å². The molecule has 0 fully saturated rings. The summed E-state index contributed by atoms with van der Waals surface area (Å²) < 4.78 is 1.41. The normalized spacial score (nSPS) is 11.0. The number of aromatic carboxylic acids is 1. The van der Waals surface area contributed by atoms with Gasteiger partial charge in [0.15, 0.2) is 5.69 Å². The molecule has 1 aromatic carbocycles. The van der Waals surface area contributed by atoms with Gasteiger partial charge in [0.05, 0.1) is 5.69 Å². The van der Waals surface area contributed by atoms with Crippen LogP contribution in [0.5, 0.6) is 0 Å². The largest absolute Gasteiger partial charge is 0.476 e. The molecule has 6 nitrogen and oxygen atoms in total. The highest BCUT2D eigenvalue weighted by atomic mass is 16.4. The zero-order valence-corrected chi connectivity index (χ0v) is 10.3. The number of aromatic amines is 1. The van der Waals surface area contributed by atoms with Crippen molar-refractivity contribution in [3.8, 4) is 0 Å². The molecular formula is C13H12N4O2. The Morgan fingerprint density at radius 3 is 2.74 bits per heavy atom. The topological polar surface area (TPSA) is 83.3 Å². The molecule has 2 heterocycles. The predicted octanol–water partition coefficient (Wildman–Crippen LogP) is 1.65. The van der Waals surface area contributed by atoms with E-state index < -0.39 is 5.97 Å². The summed E-state index contributed by atoms with van der Waals surface area (Å²) in [5.74, 6) is 0.0666. The molecule has 3 rings (SSSR count). The number of carbonyl (C=O) groups is 1. The second kappa shape index (κ2) is 4.24. The maximum Gasteiger partial charge on any atom is 0.356 e. The molecule has 19 heavy (non-hydrogen) atoms. The van der Waals surface area contributed by atoms with E-state index in [1.807, 2.05) is 30.3 Å². The Morgan fingerprint density at radius 2 is 2.05 bits per heavy atom. The van der Waals surface area contributed by atoms with Crippen LogP contribution in [0.4, 0.5) is 0 Å². The lowest BCUT2D eigenvalue weighted by Crippen LogP contribution is -2.05. The van der Waals surface area contributed by atoms with Crippen molar-refractivity contribution < 1.29 is 9.90 Å². The third kappa shape index (κ3) is 1.97. The van der Waals surface area contributed by atoms with Gasteiger partial charge in [-0.2, -0.15) is 4.98 Å². The molecule has 0 saturated carbocycles. The van der Waals surface area contributed by atoms with E-state index in [0.29, 0.717) is 23.7 Å². The minimum absolute atomic E-state index is 0.127. The monoisotopic (exact) mass is 256 g/mol. The zero-order chi connectivity index (χ0) is 13.4. The number of hydrogen-bond acceptors (Lipinski definition) is 3. The lowest BCUT2D eigenvalue weighted by molar-refractivity contribution is 0.0687. The number of fused-ring (bicyclic) bond motifs is 1. The van der Waals surface area contributed by atoms with Crippen LogP contribution < -0.4 is 0 Å². The Bertz CT molecular complexity index is 743. The van der Waals surface area contributed by atoms with Crippen molar-refractivity contribution in [2.24, 2.45) is 0 Å². The van der Waals surface area contributed by atoms with Gasteiger partial charge in [0.2, 0.25) is 0 Å². The van der Waals surface area contributed by atoms with Crippen LogP contribution in [0, 0.1) is 6.92 Å². The molecule has 0 radical (unpaired) electrons. The van der Waals surface area contributed by atoms with Crippen LogP contribution in [0.25, 0.3) is 5.78 Å². The number of aromatic nitrogens is 4. The molecule has 96 valence electrons. The zero-order valence-electron chi connectivity index (χ0n) is 10.3. The molecule has 0 atom stereocenters. The molecule has 0 spiro atoms. The van der Waals surface area contributed by atoms with E-state index in [9.17, 15) is 4.79 Å². The molecule has 0 amide bonds.